The van der Waals surface area contributed by atoms with Gasteiger partial charge in [-0.25, -0.2) is 0 Å². The van der Waals surface area contributed by atoms with Crippen molar-refractivity contribution in [3.8, 4) is 5.75 Å². The Morgan fingerprint density at radius 3 is 2.29 bits per heavy atom. The highest BCUT2D eigenvalue weighted by Gasteiger charge is 2.13. The molecule has 0 atom stereocenters. The Morgan fingerprint density at radius 1 is 1.21 bits per heavy atom. The Hall–Kier alpha value is -1.22. The Labute approximate surface area is 85.2 Å². The average Bonchev–Trinajstić information content (AvgIpc) is 2.17. The Morgan fingerprint density at radius 2 is 1.79 bits per heavy atom. The van der Waals surface area contributed by atoms with E-state index in [0.717, 1.165) is 12.2 Å². The van der Waals surface area contributed by atoms with Crippen LogP contribution in [-0.2, 0) is 0 Å². The fourth-order valence-corrected chi connectivity index (χ4v) is 0.991. The number of hydrogen-bond donors (Lipinski definition) is 3. The van der Waals surface area contributed by atoms with Crippen molar-refractivity contribution in [2.45, 2.75) is 19.4 Å². The van der Waals surface area contributed by atoms with Gasteiger partial charge in [-0.3, -0.25) is 0 Å². The molecule has 0 amide bonds. The highest BCUT2D eigenvalue weighted by molar-refractivity contribution is 5.46. The third kappa shape index (κ3) is 3.26. The van der Waals surface area contributed by atoms with Crippen LogP contribution in [0.2, 0.25) is 0 Å². The summed E-state index contributed by atoms with van der Waals surface area (Å²) in [4.78, 5) is 0. The molecule has 3 nitrogen and oxygen atoms in total. The molecule has 0 saturated carbocycles. The van der Waals surface area contributed by atoms with Gasteiger partial charge in [0.2, 0.25) is 0 Å². The minimum absolute atomic E-state index is 0.0673. The third-order valence-corrected chi connectivity index (χ3v) is 2.28. The molecule has 0 bridgehead atoms. The third-order valence-electron chi connectivity index (χ3n) is 2.28. The highest BCUT2D eigenvalue weighted by Crippen LogP contribution is 2.14. The molecular formula is C11H18N2O. The molecule has 1 aromatic rings. The number of nitrogens with one attached hydrogen (secondary N) is 2. The van der Waals surface area contributed by atoms with E-state index in [0.29, 0.717) is 5.75 Å². The lowest BCUT2D eigenvalue weighted by Crippen LogP contribution is -2.42. The molecule has 0 unspecified atom stereocenters. The molecule has 0 heterocycles. The fourth-order valence-electron chi connectivity index (χ4n) is 0.991. The zero-order valence-corrected chi connectivity index (χ0v) is 8.96. The summed E-state index contributed by atoms with van der Waals surface area (Å²) in [5.41, 5.74) is 1.09. The van der Waals surface area contributed by atoms with Crippen LogP contribution >= 0.6 is 0 Å². The lowest BCUT2D eigenvalue weighted by atomic mass is 10.1. The van der Waals surface area contributed by atoms with Crippen molar-refractivity contribution in [1.29, 1.82) is 0 Å². The normalized spacial score (nSPS) is 11.4. The van der Waals surface area contributed by atoms with Gasteiger partial charge in [-0.2, -0.15) is 0 Å². The SMILES string of the molecule is CNC(C)(C)CNc1ccc(O)cc1. The molecule has 0 aliphatic heterocycles. The molecule has 0 fully saturated rings. The van der Waals surface area contributed by atoms with Crippen LogP contribution in [0.3, 0.4) is 0 Å². The summed E-state index contributed by atoms with van der Waals surface area (Å²) in [5, 5.41) is 15.6. The minimum Gasteiger partial charge on any atom is -0.508 e. The van der Waals surface area contributed by atoms with Gasteiger partial charge < -0.3 is 15.7 Å². The monoisotopic (exact) mass is 194 g/mol. The van der Waals surface area contributed by atoms with Crippen LogP contribution in [0.15, 0.2) is 24.3 Å². The summed E-state index contributed by atoms with van der Waals surface area (Å²) in [6, 6.07) is 7.07. The van der Waals surface area contributed by atoms with Crippen LogP contribution < -0.4 is 10.6 Å². The second-order valence-corrected chi connectivity index (χ2v) is 4.03. The van der Waals surface area contributed by atoms with E-state index in [-0.39, 0.29) is 5.54 Å². The molecular weight excluding hydrogens is 176 g/mol. The molecule has 78 valence electrons. The second-order valence-electron chi connectivity index (χ2n) is 4.03. The van der Waals surface area contributed by atoms with E-state index in [9.17, 15) is 0 Å². The molecule has 0 saturated heterocycles. The van der Waals surface area contributed by atoms with Crippen molar-refractivity contribution >= 4 is 5.69 Å². The van der Waals surface area contributed by atoms with Crippen molar-refractivity contribution < 1.29 is 5.11 Å². The van der Waals surface area contributed by atoms with Crippen LogP contribution in [-0.4, -0.2) is 24.2 Å². The first-order valence-electron chi connectivity index (χ1n) is 4.75. The number of benzene rings is 1. The maximum Gasteiger partial charge on any atom is 0.115 e. The van der Waals surface area contributed by atoms with Gasteiger partial charge in [0, 0.05) is 17.8 Å². The molecule has 3 heteroatoms. The topological polar surface area (TPSA) is 44.3 Å². The fraction of sp³-hybridized carbons (Fsp3) is 0.455. The maximum atomic E-state index is 9.09. The summed E-state index contributed by atoms with van der Waals surface area (Å²) in [6.45, 7) is 5.09. The standard InChI is InChI=1S/C11H18N2O/c1-11(2,12-3)8-13-9-4-6-10(14)7-5-9/h4-7,12-14H,8H2,1-3H3. The van der Waals surface area contributed by atoms with E-state index in [1.807, 2.05) is 19.2 Å². The largest absolute Gasteiger partial charge is 0.508 e. The molecule has 0 spiro atoms. The van der Waals surface area contributed by atoms with Crippen LogP contribution in [0.1, 0.15) is 13.8 Å². The zero-order chi connectivity index (χ0) is 10.6. The molecule has 0 aliphatic carbocycles. The predicted molar refractivity (Wildman–Crippen MR) is 59.7 cm³/mol. The number of hydrogen-bond acceptors (Lipinski definition) is 3. The molecule has 0 aromatic heterocycles. The number of aromatic hydroxyl groups is 1. The second kappa shape index (κ2) is 4.33. The maximum absolute atomic E-state index is 9.09. The van der Waals surface area contributed by atoms with Gasteiger partial charge in [0.05, 0.1) is 0 Å². The first-order valence-corrected chi connectivity index (χ1v) is 4.75. The van der Waals surface area contributed by atoms with E-state index < -0.39 is 0 Å². The average molecular weight is 194 g/mol. The van der Waals surface area contributed by atoms with Gasteiger partial charge in [0.25, 0.3) is 0 Å². The first kappa shape index (κ1) is 10.9. The lowest BCUT2D eigenvalue weighted by Gasteiger charge is -2.24. The highest BCUT2D eigenvalue weighted by atomic mass is 16.3. The summed E-state index contributed by atoms with van der Waals surface area (Å²) in [6.07, 6.45) is 0. The van der Waals surface area contributed by atoms with Crippen molar-refractivity contribution in [3.63, 3.8) is 0 Å². The van der Waals surface area contributed by atoms with Crippen molar-refractivity contribution in [2.75, 3.05) is 18.9 Å². The quantitative estimate of drug-likeness (QED) is 0.640. The first-order chi connectivity index (χ1) is 6.53. The predicted octanol–water partition coefficient (Wildman–Crippen LogP) is 1.80. The molecule has 0 radical (unpaired) electrons. The summed E-state index contributed by atoms with van der Waals surface area (Å²) < 4.78 is 0. The van der Waals surface area contributed by atoms with Gasteiger partial charge >= 0.3 is 0 Å². The molecule has 0 aliphatic rings. The Bertz CT molecular complexity index is 280. The molecule has 1 aromatic carbocycles. The Kier molecular flexibility index (Phi) is 3.36. The van der Waals surface area contributed by atoms with Gasteiger partial charge in [0.15, 0.2) is 0 Å². The number of anilines is 1. The summed E-state index contributed by atoms with van der Waals surface area (Å²) in [7, 11) is 1.94. The van der Waals surface area contributed by atoms with Crippen molar-refractivity contribution in [2.24, 2.45) is 0 Å². The van der Waals surface area contributed by atoms with Gasteiger partial charge in [-0.1, -0.05) is 0 Å². The Balaban J connectivity index is 2.50. The smallest absolute Gasteiger partial charge is 0.115 e. The molecule has 3 N–H and O–H groups in total. The van der Waals surface area contributed by atoms with E-state index in [1.165, 1.54) is 0 Å². The van der Waals surface area contributed by atoms with E-state index in [2.05, 4.69) is 24.5 Å². The number of phenols is 1. The van der Waals surface area contributed by atoms with Crippen LogP contribution in [0, 0.1) is 0 Å². The van der Waals surface area contributed by atoms with E-state index >= 15 is 0 Å². The number of likely N-dealkylation sites (N-methyl/N-ethyl adjacent to an activating group) is 1. The van der Waals surface area contributed by atoms with Crippen LogP contribution in [0.4, 0.5) is 5.69 Å². The van der Waals surface area contributed by atoms with Gasteiger partial charge in [0.1, 0.15) is 5.75 Å². The van der Waals surface area contributed by atoms with Crippen molar-refractivity contribution in [1.82, 2.24) is 5.32 Å². The van der Waals surface area contributed by atoms with E-state index in [1.54, 1.807) is 12.1 Å². The van der Waals surface area contributed by atoms with Crippen molar-refractivity contribution in [3.05, 3.63) is 24.3 Å². The van der Waals surface area contributed by atoms with Gasteiger partial charge in [-0.05, 0) is 45.2 Å². The number of rotatable bonds is 4. The number of phenolic OH excluding ortho intramolecular Hbond substituents is 1. The zero-order valence-electron chi connectivity index (χ0n) is 8.96. The van der Waals surface area contributed by atoms with Gasteiger partial charge in [-0.15, -0.1) is 0 Å². The van der Waals surface area contributed by atoms with Crippen LogP contribution in [0.5, 0.6) is 5.75 Å². The summed E-state index contributed by atoms with van der Waals surface area (Å²) >= 11 is 0. The van der Waals surface area contributed by atoms with E-state index in [4.69, 9.17) is 5.11 Å². The molecule has 1 rings (SSSR count). The summed E-state index contributed by atoms with van der Waals surface area (Å²) in [5.74, 6) is 0.295. The lowest BCUT2D eigenvalue weighted by molar-refractivity contribution is 0.448. The molecule has 14 heavy (non-hydrogen) atoms. The van der Waals surface area contributed by atoms with Crippen LogP contribution in [0.25, 0.3) is 0 Å². The minimum atomic E-state index is 0.0673.